The molecule has 0 aliphatic carbocycles. The molecule has 126 valence electrons. The van der Waals surface area contributed by atoms with E-state index >= 15 is 0 Å². The molecule has 0 aliphatic rings. The summed E-state index contributed by atoms with van der Waals surface area (Å²) in [5.41, 5.74) is 0.996. The van der Waals surface area contributed by atoms with Crippen LogP contribution in [-0.4, -0.2) is 31.4 Å². The van der Waals surface area contributed by atoms with Crippen LogP contribution < -0.4 is 14.2 Å². The van der Waals surface area contributed by atoms with Crippen LogP contribution in [0.25, 0.3) is 12.2 Å². The van der Waals surface area contributed by atoms with Crippen LogP contribution >= 0.6 is 0 Å². The Bertz CT molecular complexity index is 760. The van der Waals surface area contributed by atoms with E-state index in [-0.39, 0.29) is 11.4 Å². The van der Waals surface area contributed by atoms with Crippen molar-refractivity contribution in [2.45, 2.75) is 0 Å². The lowest BCUT2D eigenvalue weighted by Crippen LogP contribution is -1.95. The zero-order chi connectivity index (χ0) is 17.7. The number of aromatic hydroxyl groups is 1. The number of phenolic OH excluding ortho intramolecular Hbond substituents is 1. The largest absolute Gasteiger partial charge is 0.502 e. The van der Waals surface area contributed by atoms with E-state index in [1.165, 1.54) is 33.5 Å². The summed E-state index contributed by atoms with van der Waals surface area (Å²) in [7, 11) is 4.56. The first-order valence-electron chi connectivity index (χ1n) is 6.95. The lowest BCUT2D eigenvalue weighted by molar-refractivity contribution is -0.385. The van der Waals surface area contributed by atoms with Gasteiger partial charge in [0.05, 0.1) is 26.3 Å². The molecule has 0 saturated carbocycles. The number of nitro benzene ring substituents is 1. The van der Waals surface area contributed by atoms with Crippen molar-refractivity contribution in [1.82, 2.24) is 0 Å². The van der Waals surface area contributed by atoms with Gasteiger partial charge in [-0.25, -0.2) is 0 Å². The Hall–Kier alpha value is -3.22. The minimum absolute atomic E-state index is 0.345. The standard InChI is InChI=1S/C17H17NO6/c1-22-15-9-12(10-16(23-2)17(15)24-3)5-4-11-6-7-14(19)13(8-11)18(20)21/h4-10,19H,1-3H3/b5-4-. The number of hydrogen-bond acceptors (Lipinski definition) is 6. The Morgan fingerprint density at radius 2 is 1.54 bits per heavy atom. The molecule has 0 aliphatic heterocycles. The molecule has 2 rings (SSSR count). The Morgan fingerprint density at radius 1 is 0.958 bits per heavy atom. The summed E-state index contributed by atoms with van der Waals surface area (Å²) < 4.78 is 15.8. The fraction of sp³-hybridized carbons (Fsp3) is 0.176. The lowest BCUT2D eigenvalue weighted by Gasteiger charge is -2.12. The number of nitrogens with zero attached hydrogens (tertiary/aromatic N) is 1. The van der Waals surface area contributed by atoms with Gasteiger partial charge in [0.2, 0.25) is 5.75 Å². The third kappa shape index (κ3) is 3.57. The number of ether oxygens (including phenoxy) is 3. The molecule has 24 heavy (non-hydrogen) atoms. The number of methoxy groups -OCH3 is 3. The summed E-state index contributed by atoms with van der Waals surface area (Å²) in [6.07, 6.45) is 3.44. The van der Waals surface area contributed by atoms with Gasteiger partial charge in [-0.3, -0.25) is 10.1 Å². The summed E-state index contributed by atoms with van der Waals surface area (Å²) in [6.45, 7) is 0. The molecule has 2 aromatic carbocycles. The van der Waals surface area contributed by atoms with Crippen LogP contribution in [0.5, 0.6) is 23.0 Å². The van der Waals surface area contributed by atoms with E-state index in [9.17, 15) is 15.2 Å². The molecule has 0 spiro atoms. The van der Waals surface area contributed by atoms with E-state index in [0.29, 0.717) is 22.8 Å². The minimum atomic E-state index is -0.633. The van der Waals surface area contributed by atoms with Crippen molar-refractivity contribution in [2.75, 3.05) is 21.3 Å². The monoisotopic (exact) mass is 331 g/mol. The summed E-state index contributed by atoms with van der Waals surface area (Å²) in [5, 5.41) is 20.3. The molecular weight excluding hydrogens is 314 g/mol. The van der Waals surface area contributed by atoms with Gasteiger partial charge < -0.3 is 19.3 Å². The topological polar surface area (TPSA) is 91.1 Å². The Balaban J connectivity index is 2.39. The first kappa shape index (κ1) is 17.1. The molecule has 0 unspecified atom stereocenters. The number of benzene rings is 2. The highest BCUT2D eigenvalue weighted by atomic mass is 16.6. The molecule has 0 saturated heterocycles. The van der Waals surface area contributed by atoms with Crippen LogP contribution in [0.1, 0.15) is 11.1 Å². The Morgan fingerprint density at radius 3 is 2.04 bits per heavy atom. The Labute approximate surface area is 138 Å². The molecule has 7 nitrogen and oxygen atoms in total. The molecule has 0 atom stereocenters. The SMILES string of the molecule is COc1cc(/C=C\c2ccc(O)c([N+](=O)[O-])c2)cc(OC)c1OC. The highest BCUT2D eigenvalue weighted by Gasteiger charge is 2.13. The number of phenols is 1. The highest BCUT2D eigenvalue weighted by Crippen LogP contribution is 2.38. The van der Waals surface area contributed by atoms with Gasteiger partial charge in [-0.2, -0.15) is 0 Å². The number of rotatable bonds is 6. The summed E-state index contributed by atoms with van der Waals surface area (Å²) in [5.74, 6) is 1.13. The van der Waals surface area contributed by atoms with Crippen molar-refractivity contribution in [3.8, 4) is 23.0 Å². The average Bonchev–Trinajstić information content (AvgIpc) is 2.59. The lowest BCUT2D eigenvalue weighted by atomic mass is 10.1. The van der Waals surface area contributed by atoms with Crippen LogP contribution in [-0.2, 0) is 0 Å². The normalized spacial score (nSPS) is 10.6. The maximum absolute atomic E-state index is 10.9. The maximum Gasteiger partial charge on any atom is 0.311 e. The van der Waals surface area contributed by atoms with Gasteiger partial charge >= 0.3 is 5.69 Å². The minimum Gasteiger partial charge on any atom is -0.502 e. The van der Waals surface area contributed by atoms with Crippen molar-refractivity contribution in [2.24, 2.45) is 0 Å². The van der Waals surface area contributed by atoms with Crippen LogP contribution in [0.15, 0.2) is 30.3 Å². The van der Waals surface area contributed by atoms with Gasteiger partial charge in [0.25, 0.3) is 0 Å². The van der Waals surface area contributed by atoms with Gasteiger partial charge in [0.1, 0.15) is 0 Å². The predicted molar refractivity (Wildman–Crippen MR) is 89.8 cm³/mol. The molecule has 2 aromatic rings. The predicted octanol–water partition coefficient (Wildman–Crippen LogP) is 3.50. The molecule has 7 heteroatoms. The maximum atomic E-state index is 10.9. The second kappa shape index (κ2) is 7.36. The van der Waals surface area contributed by atoms with Gasteiger partial charge in [0, 0.05) is 6.07 Å². The second-order valence-corrected chi connectivity index (χ2v) is 4.80. The van der Waals surface area contributed by atoms with Crippen molar-refractivity contribution >= 4 is 17.8 Å². The number of nitro groups is 1. The molecule has 0 radical (unpaired) electrons. The fourth-order valence-corrected chi connectivity index (χ4v) is 2.18. The van der Waals surface area contributed by atoms with Crippen LogP contribution in [0.3, 0.4) is 0 Å². The van der Waals surface area contributed by atoms with Crippen molar-refractivity contribution in [1.29, 1.82) is 0 Å². The van der Waals surface area contributed by atoms with Crippen molar-refractivity contribution in [3.63, 3.8) is 0 Å². The highest BCUT2D eigenvalue weighted by molar-refractivity contribution is 5.74. The van der Waals surface area contributed by atoms with Crippen molar-refractivity contribution < 1.29 is 24.2 Å². The fourth-order valence-electron chi connectivity index (χ4n) is 2.18. The van der Waals surface area contributed by atoms with E-state index in [2.05, 4.69) is 0 Å². The first-order valence-corrected chi connectivity index (χ1v) is 6.95. The molecule has 1 N–H and O–H groups in total. The molecule has 0 aromatic heterocycles. The zero-order valence-corrected chi connectivity index (χ0v) is 13.5. The van der Waals surface area contributed by atoms with Gasteiger partial charge in [-0.15, -0.1) is 0 Å². The molecular formula is C17H17NO6. The summed E-state index contributed by atoms with van der Waals surface area (Å²) in [4.78, 5) is 10.2. The molecule has 0 bridgehead atoms. The third-order valence-electron chi connectivity index (χ3n) is 3.35. The zero-order valence-electron chi connectivity index (χ0n) is 13.5. The van der Waals surface area contributed by atoms with Crippen molar-refractivity contribution in [3.05, 3.63) is 51.6 Å². The van der Waals surface area contributed by atoms with Crippen LogP contribution in [0, 0.1) is 10.1 Å². The van der Waals surface area contributed by atoms with Crippen LogP contribution in [0.2, 0.25) is 0 Å². The summed E-state index contributed by atoms with van der Waals surface area (Å²) >= 11 is 0. The van der Waals surface area contributed by atoms with Gasteiger partial charge in [-0.05, 0) is 29.3 Å². The van der Waals surface area contributed by atoms with E-state index in [1.807, 2.05) is 0 Å². The average molecular weight is 331 g/mol. The summed E-state index contributed by atoms with van der Waals surface area (Å²) in [6, 6.07) is 7.67. The van der Waals surface area contributed by atoms with E-state index in [0.717, 1.165) is 5.56 Å². The van der Waals surface area contributed by atoms with Gasteiger partial charge in [0.15, 0.2) is 17.2 Å². The quantitative estimate of drug-likeness (QED) is 0.495. The molecule has 0 fully saturated rings. The third-order valence-corrected chi connectivity index (χ3v) is 3.35. The molecule has 0 heterocycles. The Kier molecular flexibility index (Phi) is 5.26. The van der Waals surface area contributed by atoms with E-state index < -0.39 is 4.92 Å². The van der Waals surface area contributed by atoms with E-state index in [4.69, 9.17) is 14.2 Å². The second-order valence-electron chi connectivity index (χ2n) is 4.80. The van der Waals surface area contributed by atoms with Gasteiger partial charge in [-0.1, -0.05) is 18.2 Å². The number of hydrogen-bond donors (Lipinski definition) is 1. The smallest absolute Gasteiger partial charge is 0.311 e. The van der Waals surface area contributed by atoms with Crippen LogP contribution in [0.4, 0.5) is 5.69 Å². The molecule has 0 amide bonds. The first-order chi connectivity index (χ1) is 11.5. The van der Waals surface area contributed by atoms with E-state index in [1.54, 1.807) is 30.4 Å².